The molecule has 1 aromatic carbocycles. The third-order valence-corrected chi connectivity index (χ3v) is 4.10. The van der Waals surface area contributed by atoms with Crippen molar-refractivity contribution in [3.05, 3.63) is 66.0 Å². The van der Waals surface area contributed by atoms with Crippen LogP contribution >= 0.6 is 0 Å². The zero-order valence-electron chi connectivity index (χ0n) is 14.8. The highest BCUT2D eigenvalue weighted by molar-refractivity contribution is 5.91. The van der Waals surface area contributed by atoms with Crippen LogP contribution in [0.15, 0.2) is 49.1 Å². The molecule has 0 fully saturated rings. The van der Waals surface area contributed by atoms with E-state index in [1.807, 2.05) is 39.2 Å². The minimum absolute atomic E-state index is 0.181. The Labute approximate surface area is 151 Å². The van der Waals surface area contributed by atoms with Crippen LogP contribution in [-0.4, -0.2) is 20.8 Å². The van der Waals surface area contributed by atoms with E-state index in [9.17, 15) is 9.18 Å². The number of anilines is 1. The third kappa shape index (κ3) is 4.05. The molecule has 0 aliphatic heterocycles. The zero-order valence-corrected chi connectivity index (χ0v) is 14.8. The second-order valence-corrected chi connectivity index (χ2v) is 6.19. The first-order valence-electron chi connectivity index (χ1n) is 8.20. The van der Waals surface area contributed by atoms with Crippen LogP contribution in [0.3, 0.4) is 0 Å². The molecule has 2 amide bonds. The maximum atomic E-state index is 13.4. The molecule has 3 rings (SSSR count). The van der Waals surface area contributed by atoms with Gasteiger partial charge in [-0.15, -0.1) is 0 Å². The van der Waals surface area contributed by atoms with Gasteiger partial charge in [-0.1, -0.05) is 12.1 Å². The summed E-state index contributed by atoms with van der Waals surface area (Å²) in [6, 6.07) is 6.46. The number of rotatable bonds is 4. The fourth-order valence-electron chi connectivity index (χ4n) is 2.61. The number of hydrogen-bond donors (Lipinski definition) is 2. The van der Waals surface area contributed by atoms with Crippen LogP contribution in [0, 0.1) is 12.7 Å². The monoisotopic (exact) mass is 353 g/mol. The molecule has 0 aliphatic carbocycles. The van der Waals surface area contributed by atoms with E-state index in [0.29, 0.717) is 11.3 Å². The molecule has 0 aliphatic rings. The standard InChI is InChI=1S/C19H20FN5O/c1-12-4-5-14(15-6-17(20)10-21-8-15)7-18(12)24-19(26)23-13(2)16-9-22-25(3)11-16/h4-11,13H,1-3H3,(H2,23,24,26). The molecule has 2 N–H and O–H groups in total. The van der Waals surface area contributed by atoms with Crippen molar-refractivity contribution in [1.82, 2.24) is 20.1 Å². The molecule has 134 valence electrons. The van der Waals surface area contributed by atoms with Gasteiger partial charge in [0, 0.05) is 36.3 Å². The molecule has 6 nitrogen and oxygen atoms in total. The predicted octanol–water partition coefficient (Wildman–Crippen LogP) is 3.81. The maximum Gasteiger partial charge on any atom is 0.319 e. The number of pyridine rings is 1. The Morgan fingerprint density at radius 2 is 2.00 bits per heavy atom. The topological polar surface area (TPSA) is 71.8 Å². The molecule has 2 aromatic heterocycles. The first kappa shape index (κ1) is 17.6. The highest BCUT2D eigenvalue weighted by Crippen LogP contribution is 2.25. The SMILES string of the molecule is Cc1ccc(-c2cncc(F)c2)cc1NC(=O)NC(C)c1cnn(C)c1. The van der Waals surface area contributed by atoms with Crippen molar-refractivity contribution in [1.29, 1.82) is 0 Å². The van der Waals surface area contributed by atoms with Crippen LogP contribution in [0.4, 0.5) is 14.9 Å². The molecule has 3 aromatic rings. The van der Waals surface area contributed by atoms with Crippen molar-refractivity contribution in [3.63, 3.8) is 0 Å². The van der Waals surface area contributed by atoms with Crippen LogP contribution in [0.1, 0.15) is 24.1 Å². The average Bonchev–Trinajstić information content (AvgIpc) is 3.03. The summed E-state index contributed by atoms with van der Waals surface area (Å²) in [6.07, 6.45) is 6.31. The summed E-state index contributed by atoms with van der Waals surface area (Å²) in [5.74, 6) is -0.402. The smallest absolute Gasteiger partial charge is 0.319 e. The summed E-state index contributed by atoms with van der Waals surface area (Å²) in [5.41, 5.74) is 3.90. The summed E-state index contributed by atoms with van der Waals surface area (Å²) in [6.45, 7) is 3.78. The van der Waals surface area contributed by atoms with Gasteiger partial charge in [-0.3, -0.25) is 9.67 Å². The Kier molecular flexibility index (Phi) is 4.97. The van der Waals surface area contributed by atoms with Crippen molar-refractivity contribution < 1.29 is 9.18 Å². The van der Waals surface area contributed by atoms with Crippen LogP contribution in [-0.2, 0) is 7.05 Å². The highest BCUT2D eigenvalue weighted by Gasteiger charge is 2.12. The van der Waals surface area contributed by atoms with Crippen molar-refractivity contribution in [2.75, 3.05) is 5.32 Å². The van der Waals surface area contributed by atoms with Crippen LogP contribution in [0.2, 0.25) is 0 Å². The second-order valence-electron chi connectivity index (χ2n) is 6.19. The summed E-state index contributed by atoms with van der Waals surface area (Å²) in [5, 5.41) is 9.83. The number of carbonyl (C=O) groups is 1. The van der Waals surface area contributed by atoms with Gasteiger partial charge in [-0.2, -0.15) is 5.10 Å². The van der Waals surface area contributed by atoms with E-state index in [-0.39, 0.29) is 12.1 Å². The number of aryl methyl sites for hydroxylation is 2. The lowest BCUT2D eigenvalue weighted by atomic mass is 10.0. The average molecular weight is 353 g/mol. The van der Waals surface area contributed by atoms with Crippen molar-refractivity contribution in [2.45, 2.75) is 19.9 Å². The Balaban J connectivity index is 1.74. The van der Waals surface area contributed by atoms with Gasteiger partial charge in [0.05, 0.1) is 18.4 Å². The van der Waals surface area contributed by atoms with E-state index < -0.39 is 5.82 Å². The number of urea groups is 1. The molecule has 1 atom stereocenters. The van der Waals surface area contributed by atoms with Gasteiger partial charge in [0.1, 0.15) is 5.82 Å². The number of hydrogen-bond acceptors (Lipinski definition) is 3. The number of amides is 2. The van der Waals surface area contributed by atoms with E-state index in [1.54, 1.807) is 23.1 Å². The highest BCUT2D eigenvalue weighted by atomic mass is 19.1. The van der Waals surface area contributed by atoms with Gasteiger partial charge in [-0.25, -0.2) is 9.18 Å². The second kappa shape index (κ2) is 7.35. The van der Waals surface area contributed by atoms with Crippen LogP contribution < -0.4 is 10.6 Å². The Hall–Kier alpha value is -3.22. The first-order valence-corrected chi connectivity index (χ1v) is 8.20. The Morgan fingerprint density at radius 1 is 1.19 bits per heavy atom. The van der Waals surface area contributed by atoms with Crippen LogP contribution in [0.25, 0.3) is 11.1 Å². The number of nitrogens with one attached hydrogen (secondary N) is 2. The molecular weight excluding hydrogens is 333 g/mol. The quantitative estimate of drug-likeness (QED) is 0.749. The minimum Gasteiger partial charge on any atom is -0.331 e. The molecule has 0 saturated heterocycles. The zero-order chi connectivity index (χ0) is 18.7. The number of halogens is 1. The normalized spacial score (nSPS) is 11.8. The van der Waals surface area contributed by atoms with Gasteiger partial charge in [-0.05, 0) is 37.1 Å². The third-order valence-electron chi connectivity index (χ3n) is 4.10. The summed E-state index contributed by atoms with van der Waals surface area (Å²) in [7, 11) is 1.83. The van der Waals surface area contributed by atoms with Gasteiger partial charge in [0.2, 0.25) is 0 Å². The van der Waals surface area contributed by atoms with Crippen LogP contribution in [0.5, 0.6) is 0 Å². The van der Waals surface area contributed by atoms with Gasteiger partial charge < -0.3 is 10.6 Å². The number of benzene rings is 1. The predicted molar refractivity (Wildman–Crippen MR) is 98.1 cm³/mol. The lowest BCUT2D eigenvalue weighted by Gasteiger charge is -2.15. The van der Waals surface area contributed by atoms with Crippen molar-refractivity contribution in [3.8, 4) is 11.1 Å². The summed E-state index contributed by atoms with van der Waals surface area (Å²) in [4.78, 5) is 16.2. The maximum absolute atomic E-state index is 13.4. The molecule has 0 bridgehead atoms. The minimum atomic E-state index is -0.402. The van der Waals surface area contributed by atoms with E-state index in [2.05, 4.69) is 20.7 Å². The number of aromatic nitrogens is 3. The molecular formula is C19H20FN5O. The largest absolute Gasteiger partial charge is 0.331 e. The molecule has 0 radical (unpaired) electrons. The van der Waals surface area contributed by atoms with E-state index in [0.717, 1.165) is 22.9 Å². The van der Waals surface area contributed by atoms with Crippen molar-refractivity contribution in [2.24, 2.45) is 7.05 Å². The molecule has 2 heterocycles. The summed E-state index contributed by atoms with van der Waals surface area (Å²) < 4.78 is 15.1. The molecule has 26 heavy (non-hydrogen) atoms. The van der Waals surface area contributed by atoms with Gasteiger partial charge in [0.15, 0.2) is 0 Å². The molecule has 7 heteroatoms. The Bertz CT molecular complexity index is 937. The summed E-state index contributed by atoms with van der Waals surface area (Å²) >= 11 is 0. The lowest BCUT2D eigenvalue weighted by Crippen LogP contribution is -2.31. The molecule has 0 saturated carbocycles. The van der Waals surface area contributed by atoms with Crippen molar-refractivity contribution >= 4 is 11.7 Å². The molecule has 1 unspecified atom stereocenters. The first-order chi connectivity index (χ1) is 12.4. The van der Waals surface area contributed by atoms with E-state index in [1.165, 1.54) is 6.07 Å². The number of carbonyl (C=O) groups excluding carboxylic acids is 1. The Morgan fingerprint density at radius 3 is 2.69 bits per heavy atom. The van der Waals surface area contributed by atoms with E-state index in [4.69, 9.17) is 0 Å². The van der Waals surface area contributed by atoms with E-state index >= 15 is 0 Å². The molecule has 0 spiro atoms. The fraction of sp³-hybridized carbons (Fsp3) is 0.211. The number of nitrogens with zero attached hydrogens (tertiary/aromatic N) is 3. The lowest BCUT2D eigenvalue weighted by molar-refractivity contribution is 0.249. The fourth-order valence-corrected chi connectivity index (χ4v) is 2.61. The van der Waals surface area contributed by atoms with Gasteiger partial charge >= 0.3 is 6.03 Å². The van der Waals surface area contributed by atoms with Gasteiger partial charge in [0.25, 0.3) is 0 Å².